The second-order valence-electron chi connectivity index (χ2n) is 3.49. The Morgan fingerprint density at radius 1 is 1.50 bits per heavy atom. The first-order valence-electron chi connectivity index (χ1n) is 4.40. The quantitative estimate of drug-likeness (QED) is 0.577. The molecule has 69 valence electrons. The van der Waals surface area contributed by atoms with E-state index in [-0.39, 0.29) is 5.91 Å². The third kappa shape index (κ3) is 2.21. The Morgan fingerprint density at radius 3 is 2.33 bits per heavy atom. The molecule has 3 nitrogen and oxygen atoms in total. The molecular weight excluding hydrogens is 152 g/mol. The van der Waals surface area contributed by atoms with E-state index in [1.54, 1.807) is 6.92 Å². The highest BCUT2D eigenvalue weighted by Gasteiger charge is 2.21. The van der Waals surface area contributed by atoms with Gasteiger partial charge in [-0.25, -0.2) is 0 Å². The Morgan fingerprint density at radius 2 is 2.00 bits per heavy atom. The summed E-state index contributed by atoms with van der Waals surface area (Å²) in [6.07, 6.45) is 2.11. The molecule has 1 saturated heterocycles. The van der Waals surface area contributed by atoms with Gasteiger partial charge in [-0.05, 0) is 19.9 Å². The summed E-state index contributed by atoms with van der Waals surface area (Å²) in [6, 6.07) is 0.556. The van der Waals surface area contributed by atoms with E-state index in [1.807, 2.05) is 16.8 Å². The molecule has 0 aliphatic carbocycles. The SMILES string of the molecule is [CH2]N(C)C1CCN(C(C)=O)CC1. The first kappa shape index (κ1) is 9.52. The molecule has 0 aromatic rings. The van der Waals surface area contributed by atoms with Crippen LogP contribution in [0.25, 0.3) is 0 Å². The summed E-state index contributed by atoms with van der Waals surface area (Å²) >= 11 is 0. The van der Waals surface area contributed by atoms with Gasteiger partial charge in [-0.3, -0.25) is 4.79 Å². The van der Waals surface area contributed by atoms with E-state index in [0.29, 0.717) is 6.04 Å². The van der Waals surface area contributed by atoms with Gasteiger partial charge in [0.1, 0.15) is 0 Å². The van der Waals surface area contributed by atoms with Crippen LogP contribution in [-0.4, -0.2) is 41.9 Å². The summed E-state index contributed by atoms with van der Waals surface area (Å²) in [5.41, 5.74) is 0. The minimum atomic E-state index is 0.195. The van der Waals surface area contributed by atoms with Gasteiger partial charge in [0.2, 0.25) is 5.91 Å². The zero-order valence-corrected chi connectivity index (χ0v) is 7.92. The molecule has 1 rings (SSSR count). The van der Waals surface area contributed by atoms with Crippen molar-refractivity contribution in [3.8, 4) is 0 Å². The van der Waals surface area contributed by atoms with E-state index in [4.69, 9.17) is 0 Å². The van der Waals surface area contributed by atoms with Crippen LogP contribution in [0.15, 0.2) is 0 Å². The lowest BCUT2D eigenvalue weighted by Crippen LogP contribution is -2.43. The van der Waals surface area contributed by atoms with Gasteiger partial charge in [-0.2, -0.15) is 0 Å². The van der Waals surface area contributed by atoms with Gasteiger partial charge in [-0.15, -0.1) is 0 Å². The molecule has 0 aromatic heterocycles. The molecule has 3 heteroatoms. The van der Waals surface area contributed by atoms with Crippen molar-refractivity contribution in [2.75, 3.05) is 20.1 Å². The van der Waals surface area contributed by atoms with Crippen molar-refractivity contribution in [2.24, 2.45) is 0 Å². The number of likely N-dealkylation sites (tertiary alicyclic amines) is 1. The highest BCUT2D eigenvalue weighted by atomic mass is 16.2. The van der Waals surface area contributed by atoms with Crippen molar-refractivity contribution < 1.29 is 4.79 Å². The second kappa shape index (κ2) is 3.90. The summed E-state index contributed by atoms with van der Waals surface area (Å²) in [4.78, 5) is 14.9. The molecule has 0 atom stereocenters. The van der Waals surface area contributed by atoms with Gasteiger partial charge < -0.3 is 9.80 Å². The smallest absolute Gasteiger partial charge is 0.219 e. The van der Waals surface area contributed by atoms with Crippen LogP contribution in [0.1, 0.15) is 19.8 Å². The fourth-order valence-corrected chi connectivity index (χ4v) is 1.62. The van der Waals surface area contributed by atoms with Crippen molar-refractivity contribution in [1.82, 2.24) is 9.80 Å². The minimum absolute atomic E-state index is 0.195. The summed E-state index contributed by atoms with van der Waals surface area (Å²) in [7, 11) is 5.86. The van der Waals surface area contributed by atoms with Crippen molar-refractivity contribution in [3.05, 3.63) is 7.05 Å². The number of piperidine rings is 1. The van der Waals surface area contributed by atoms with Crippen LogP contribution >= 0.6 is 0 Å². The number of carbonyl (C=O) groups excluding carboxylic acids is 1. The molecule has 1 heterocycles. The Labute approximate surface area is 74.3 Å². The summed E-state index contributed by atoms with van der Waals surface area (Å²) in [5, 5.41) is 0. The number of hydrogen-bond acceptors (Lipinski definition) is 2. The average molecular weight is 169 g/mol. The third-order valence-corrected chi connectivity index (χ3v) is 2.53. The lowest BCUT2D eigenvalue weighted by molar-refractivity contribution is -0.130. The summed E-state index contributed by atoms with van der Waals surface area (Å²) < 4.78 is 0. The van der Waals surface area contributed by atoms with Crippen molar-refractivity contribution in [3.63, 3.8) is 0 Å². The molecule has 0 saturated carbocycles. The lowest BCUT2D eigenvalue weighted by atomic mass is 10.0. The van der Waals surface area contributed by atoms with Crippen LogP contribution in [-0.2, 0) is 4.79 Å². The van der Waals surface area contributed by atoms with Crippen molar-refractivity contribution >= 4 is 5.91 Å². The highest BCUT2D eigenvalue weighted by Crippen LogP contribution is 2.14. The van der Waals surface area contributed by atoms with Crippen LogP contribution < -0.4 is 0 Å². The van der Waals surface area contributed by atoms with Gasteiger partial charge in [0, 0.05) is 33.1 Å². The van der Waals surface area contributed by atoms with E-state index < -0.39 is 0 Å². The largest absolute Gasteiger partial charge is 0.343 e. The van der Waals surface area contributed by atoms with Crippen LogP contribution in [0.5, 0.6) is 0 Å². The molecule has 1 radical (unpaired) electrons. The van der Waals surface area contributed by atoms with E-state index in [2.05, 4.69) is 7.05 Å². The Balaban J connectivity index is 2.34. The highest BCUT2D eigenvalue weighted by molar-refractivity contribution is 5.73. The predicted molar refractivity (Wildman–Crippen MR) is 48.4 cm³/mol. The fraction of sp³-hybridized carbons (Fsp3) is 0.778. The maximum Gasteiger partial charge on any atom is 0.219 e. The number of amides is 1. The Hall–Kier alpha value is -0.570. The van der Waals surface area contributed by atoms with Gasteiger partial charge in [0.25, 0.3) is 0 Å². The van der Waals surface area contributed by atoms with Gasteiger partial charge in [-0.1, -0.05) is 0 Å². The van der Waals surface area contributed by atoms with Crippen molar-refractivity contribution in [1.29, 1.82) is 0 Å². The standard InChI is InChI=1S/C9H17N2O/c1-8(12)11-6-4-9(5-7-11)10(2)3/h9H,2,4-7H2,1,3H3. The molecular formula is C9H17N2O. The van der Waals surface area contributed by atoms with Crippen molar-refractivity contribution in [2.45, 2.75) is 25.8 Å². The van der Waals surface area contributed by atoms with Gasteiger partial charge >= 0.3 is 0 Å². The lowest BCUT2D eigenvalue weighted by Gasteiger charge is -2.34. The minimum Gasteiger partial charge on any atom is -0.343 e. The van der Waals surface area contributed by atoms with Gasteiger partial charge in [0.05, 0.1) is 0 Å². The molecule has 1 aliphatic rings. The topological polar surface area (TPSA) is 23.6 Å². The van der Waals surface area contributed by atoms with Crippen LogP contribution in [0, 0.1) is 7.05 Å². The first-order chi connectivity index (χ1) is 5.61. The zero-order valence-electron chi connectivity index (χ0n) is 7.92. The maximum absolute atomic E-state index is 11.0. The monoisotopic (exact) mass is 169 g/mol. The number of carbonyl (C=O) groups is 1. The predicted octanol–water partition coefficient (Wildman–Crippen LogP) is 0.721. The molecule has 1 amide bonds. The Kier molecular flexibility index (Phi) is 3.09. The fourth-order valence-electron chi connectivity index (χ4n) is 1.62. The van der Waals surface area contributed by atoms with E-state index in [9.17, 15) is 4.79 Å². The summed E-state index contributed by atoms with van der Waals surface area (Å²) in [6.45, 7) is 3.41. The number of rotatable bonds is 1. The van der Waals surface area contributed by atoms with Gasteiger partial charge in [0.15, 0.2) is 0 Å². The van der Waals surface area contributed by atoms with E-state index in [1.165, 1.54) is 0 Å². The molecule has 0 N–H and O–H groups in total. The number of nitrogens with zero attached hydrogens (tertiary/aromatic N) is 2. The van der Waals surface area contributed by atoms with Crippen LogP contribution in [0.3, 0.4) is 0 Å². The maximum atomic E-state index is 11.0. The molecule has 1 fully saturated rings. The molecule has 0 unspecified atom stereocenters. The molecule has 0 bridgehead atoms. The van der Waals surface area contributed by atoms with E-state index >= 15 is 0 Å². The average Bonchev–Trinajstić information content (AvgIpc) is 2.04. The zero-order chi connectivity index (χ0) is 9.14. The molecule has 12 heavy (non-hydrogen) atoms. The number of hydrogen-bond donors (Lipinski definition) is 0. The molecule has 1 aliphatic heterocycles. The Bertz CT molecular complexity index is 160. The third-order valence-electron chi connectivity index (χ3n) is 2.53. The molecule has 0 spiro atoms. The summed E-state index contributed by atoms with van der Waals surface area (Å²) in [5.74, 6) is 0.195. The molecule has 0 aromatic carbocycles. The van der Waals surface area contributed by atoms with Crippen LogP contribution in [0.4, 0.5) is 0 Å². The normalized spacial score (nSPS) is 20.2. The van der Waals surface area contributed by atoms with E-state index in [0.717, 1.165) is 25.9 Å². The second-order valence-corrected chi connectivity index (χ2v) is 3.49. The van der Waals surface area contributed by atoms with Crippen LogP contribution in [0.2, 0.25) is 0 Å². The first-order valence-corrected chi connectivity index (χ1v) is 4.40.